The van der Waals surface area contributed by atoms with Crippen molar-refractivity contribution >= 4 is 21.8 Å². The number of carbonyl (C=O) groups is 1. The quantitative estimate of drug-likeness (QED) is 0.546. The number of carbonyl (C=O) groups excluding carboxylic acids is 1. The fraction of sp³-hybridized carbons (Fsp3) is 0.900. The van der Waals surface area contributed by atoms with Crippen molar-refractivity contribution in [1.82, 2.24) is 5.32 Å². The number of hydrogen-bond acceptors (Lipinski definition) is 1. The minimum atomic E-state index is 0.194. The van der Waals surface area contributed by atoms with Gasteiger partial charge in [-0.3, -0.25) is 4.79 Å². The van der Waals surface area contributed by atoms with Crippen LogP contribution in [0.15, 0.2) is 0 Å². The van der Waals surface area contributed by atoms with Crippen molar-refractivity contribution in [3.63, 3.8) is 0 Å². The summed E-state index contributed by atoms with van der Waals surface area (Å²) >= 11 is 3.37. The third kappa shape index (κ3) is 7.05. The molecular formula is C10H20BrNO. The lowest BCUT2D eigenvalue weighted by Crippen LogP contribution is -2.35. The van der Waals surface area contributed by atoms with Gasteiger partial charge in [0.15, 0.2) is 0 Å². The van der Waals surface area contributed by atoms with Gasteiger partial charge in [-0.1, -0.05) is 42.6 Å². The van der Waals surface area contributed by atoms with Crippen molar-refractivity contribution in [3.05, 3.63) is 0 Å². The topological polar surface area (TPSA) is 29.1 Å². The third-order valence-corrected chi connectivity index (χ3v) is 2.83. The summed E-state index contributed by atoms with van der Waals surface area (Å²) in [5.74, 6) is 0.194. The number of nitrogens with one attached hydrogen (secondary N) is 1. The van der Waals surface area contributed by atoms with E-state index in [0.29, 0.717) is 12.5 Å². The Hall–Kier alpha value is -0.0500. The molecule has 0 aromatic heterocycles. The van der Waals surface area contributed by atoms with E-state index >= 15 is 0 Å². The van der Waals surface area contributed by atoms with Gasteiger partial charge in [0, 0.05) is 17.8 Å². The van der Waals surface area contributed by atoms with Crippen LogP contribution in [0.1, 0.15) is 46.0 Å². The Balaban J connectivity index is 3.48. The van der Waals surface area contributed by atoms with Crippen LogP contribution in [0.25, 0.3) is 0 Å². The minimum absolute atomic E-state index is 0.194. The monoisotopic (exact) mass is 249 g/mol. The average Bonchev–Trinajstić information content (AvgIpc) is 2.14. The van der Waals surface area contributed by atoms with Crippen LogP contribution >= 0.6 is 15.9 Å². The molecule has 0 aliphatic rings. The molecule has 2 nitrogen and oxygen atoms in total. The Bertz CT molecular complexity index is 135. The van der Waals surface area contributed by atoms with Crippen LogP contribution in [-0.2, 0) is 4.79 Å². The van der Waals surface area contributed by atoms with E-state index in [-0.39, 0.29) is 5.91 Å². The van der Waals surface area contributed by atoms with Crippen molar-refractivity contribution in [2.75, 3.05) is 5.33 Å². The molecule has 78 valence electrons. The van der Waals surface area contributed by atoms with E-state index < -0.39 is 0 Å². The summed E-state index contributed by atoms with van der Waals surface area (Å²) in [6.07, 6.45) is 5.00. The van der Waals surface area contributed by atoms with Gasteiger partial charge in [-0.05, 0) is 12.8 Å². The molecular weight excluding hydrogens is 230 g/mol. The number of unbranched alkanes of at least 4 members (excludes halogenated alkanes) is 2. The van der Waals surface area contributed by atoms with E-state index in [1.165, 1.54) is 6.42 Å². The van der Waals surface area contributed by atoms with E-state index in [0.717, 1.165) is 24.6 Å². The normalized spacial score (nSPS) is 12.5. The molecule has 0 aromatic carbocycles. The van der Waals surface area contributed by atoms with Crippen LogP contribution in [0.2, 0.25) is 0 Å². The van der Waals surface area contributed by atoms with Gasteiger partial charge >= 0.3 is 0 Å². The number of halogens is 1. The van der Waals surface area contributed by atoms with Gasteiger partial charge in [0.25, 0.3) is 0 Å². The molecule has 1 N–H and O–H groups in total. The van der Waals surface area contributed by atoms with Crippen LogP contribution in [0.5, 0.6) is 0 Å². The zero-order valence-electron chi connectivity index (χ0n) is 8.61. The lowest BCUT2D eigenvalue weighted by Gasteiger charge is -2.13. The molecule has 0 saturated carbocycles. The van der Waals surface area contributed by atoms with Crippen molar-refractivity contribution in [2.24, 2.45) is 0 Å². The van der Waals surface area contributed by atoms with Gasteiger partial charge in [0.05, 0.1) is 0 Å². The number of amides is 1. The number of alkyl halides is 1. The van der Waals surface area contributed by atoms with E-state index in [1.54, 1.807) is 0 Å². The second-order valence-electron chi connectivity index (χ2n) is 3.28. The maximum atomic E-state index is 11.3. The molecule has 0 aromatic rings. The van der Waals surface area contributed by atoms with Gasteiger partial charge in [0.1, 0.15) is 0 Å². The predicted octanol–water partition coefficient (Wildman–Crippen LogP) is 2.86. The summed E-state index contributed by atoms with van der Waals surface area (Å²) in [4.78, 5) is 11.3. The summed E-state index contributed by atoms with van der Waals surface area (Å²) in [6.45, 7) is 4.23. The second-order valence-corrected chi connectivity index (χ2v) is 3.93. The lowest BCUT2D eigenvalue weighted by atomic mass is 10.2. The van der Waals surface area contributed by atoms with Gasteiger partial charge in [-0.25, -0.2) is 0 Å². The first-order valence-corrected chi connectivity index (χ1v) is 6.22. The van der Waals surface area contributed by atoms with Crippen LogP contribution in [0.3, 0.4) is 0 Å². The maximum Gasteiger partial charge on any atom is 0.220 e. The first-order chi connectivity index (χ1) is 6.24. The van der Waals surface area contributed by atoms with E-state index in [1.807, 2.05) is 0 Å². The largest absolute Gasteiger partial charge is 0.353 e. The molecule has 0 heterocycles. The molecule has 1 unspecified atom stereocenters. The number of hydrogen-bond donors (Lipinski definition) is 1. The summed E-state index contributed by atoms with van der Waals surface area (Å²) in [5.41, 5.74) is 0. The van der Waals surface area contributed by atoms with Crippen molar-refractivity contribution < 1.29 is 4.79 Å². The number of rotatable bonds is 7. The lowest BCUT2D eigenvalue weighted by molar-refractivity contribution is -0.121. The molecule has 0 rings (SSSR count). The maximum absolute atomic E-state index is 11.3. The SMILES string of the molecule is CCCCCC(=O)NC(CC)CBr. The molecule has 1 amide bonds. The zero-order valence-corrected chi connectivity index (χ0v) is 10.2. The first-order valence-electron chi connectivity index (χ1n) is 5.09. The highest BCUT2D eigenvalue weighted by atomic mass is 79.9. The zero-order chi connectivity index (χ0) is 10.1. The minimum Gasteiger partial charge on any atom is -0.353 e. The summed E-state index contributed by atoms with van der Waals surface area (Å²) in [5, 5.41) is 3.84. The fourth-order valence-electron chi connectivity index (χ4n) is 1.09. The van der Waals surface area contributed by atoms with Crippen LogP contribution in [0.4, 0.5) is 0 Å². The Labute approximate surface area is 89.6 Å². The Morgan fingerprint density at radius 1 is 1.38 bits per heavy atom. The highest BCUT2D eigenvalue weighted by Crippen LogP contribution is 2.01. The van der Waals surface area contributed by atoms with E-state index in [4.69, 9.17) is 0 Å². The summed E-state index contributed by atoms with van der Waals surface area (Å²) < 4.78 is 0. The average molecular weight is 250 g/mol. The second kappa shape index (κ2) is 8.54. The Morgan fingerprint density at radius 2 is 2.08 bits per heavy atom. The smallest absolute Gasteiger partial charge is 0.220 e. The van der Waals surface area contributed by atoms with Crippen LogP contribution < -0.4 is 5.32 Å². The molecule has 3 heteroatoms. The van der Waals surface area contributed by atoms with Gasteiger partial charge < -0.3 is 5.32 Å². The van der Waals surface area contributed by atoms with E-state index in [9.17, 15) is 4.79 Å². The third-order valence-electron chi connectivity index (χ3n) is 2.05. The van der Waals surface area contributed by atoms with Gasteiger partial charge in [-0.2, -0.15) is 0 Å². The molecule has 0 aliphatic heterocycles. The highest BCUT2D eigenvalue weighted by molar-refractivity contribution is 9.09. The summed E-state index contributed by atoms with van der Waals surface area (Å²) in [7, 11) is 0. The van der Waals surface area contributed by atoms with Gasteiger partial charge in [0.2, 0.25) is 5.91 Å². The predicted molar refractivity (Wildman–Crippen MR) is 60.2 cm³/mol. The fourth-order valence-corrected chi connectivity index (χ4v) is 1.70. The highest BCUT2D eigenvalue weighted by Gasteiger charge is 2.07. The molecule has 1 atom stereocenters. The Kier molecular flexibility index (Phi) is 8.51. The molecule has 13 heavy (non-hydrogen) atoms. The van der Waals surface area contributed by atoms with Gasteiger partial charge in [-0.15, -0.1) is 0 Å². The Morgan fingerprint density at radius 3 is 2.54 bits per heavy atom. The van der Waals surface area contributed by atoms with Crippen molar-refractivity contribution in [1.29, 1.82) is 0 Å². The summed E-state index contributed by atoms with van der Waals surface area (Å²) in [6, 6.07) is 0.300. The molecule has 0 bridgehead atoms. The van der Waals surface area contributed by atoms with Crippen LogP contribution in [-0.4, -0.2) is 17.3 Å². The molecule has 0 saturated heterocycles. The van der Waals surface area contributed by atoms with Crippen LogP contribution in [0, 0.1) is 0 Å². The van der Waals surface area contributed by atoms with Crippen molar-refractivity contribution in [3.8, 4) is 0 Å². The molecule has 0 spiro atoms. The molecule has 0 aliphatic carbocycles. The van der Waals surface area contributed by atoms with E-state index in [2.05, 4.69) is 35.1 Å². The molecule has 0 radical (unpaired) electrons. The van der Waals surface area contributed by atoms with Crippen molar-refractivity contribution in [2.45, 2.75) is 52.0 Å². The first kappa shape index (κ1) is 12.9. The standard InChI is InChI=1S/C10H20BrNO/c1-3-5-6-7-10(13)12-9(4-2)8-11/h9H,3-8H2,1-2H3,(H,12,13). The molecule has 0 fully saturated rings.